The van der Waals surface area contributed by atoms with Gasteiger partial charge in [0.05, 0.1) is 29.7 Å². The Labute approximate surface area is 129 Å². The number of benzene rings is 1. The Morgan fingerprint density at radius 1 is 1.52 bits per heavy atom. The lowest BCUT2D eigenvalue weighted by molar-refractivity contribution is 0.0311. The third-order valence-corrected chi connectivity index (χ3v) is 5.83. The largest absolute Gasteiger partial charge is 0.478 e. The number of morpholine rings is 1. The standard InChI is InChI=1S/C12H11BrN2O5S/c13-10-2-1-8(12(16)17)5-11(10)21(18,19)15-3-4-20-9(6-14)7-15/h1-2,5,9H,3-4,7H2,(H,16,17). The van der Waals surface area contributed by atoms with Crippen molar-refractivity contribution in [2.24, 2.45) is 0 Å². The summed E-state index contributed by atoms with van der Waals surface area (Å²) in [5.74, 6) is -1.21. The maximum atomic E-state index is 12.6. The Morgan fingerprint density at radius 3 is 2.86 bits per heavy atom. The number of aromatic carboxylic acids is 1. The molecule has 112 valence electrons. The van der Waals surface area contributed by atoms with Crippen molar-refractivity contribution in [2.75, 3.05) is 19.7 Å². The van der Waals surface area contributed by atoms with Gasteiger partial charge in [-0.3, -0.25) is 0 Å². The van der Waals surface area contributed by atoms with Crippen LogP contribution in [0.4, 0.5) is 0 Å². The van der Waals surface area contributed by atoms with E-state index in [4.69, 9.17) is 15.1 Å². The van der Waals surface area contributed by atoms with Crippen LogP contribution in [0.5, 0.6) is 0 Å². The summed E-state index contributed by atoms with van der Waals surface area (Å²) in [6, 6.07) is 5.65. The van der Waals surface area contributed by atoms with Gasteiger partial charge in [-0.1, -0.05) is 0 Å². The molecule has 1 atom stereocenters. The number of rotatable bonds is 3. The van der Waals surface area contributed by atoms with Gasteiger partial charge < -0.3 is 9.84 Å². The predicted octanol–water partition coefficient (Wildman–Crippen LogP) is 1.06. The van der Waals surface area contributed by atoms with Crippen molar-refractivity contribution < 1.29 is 23.1 Å². The zero-order chi connectivity index (χ0) is 15.6. The minimum absolute atomic E-state index is 0.0808. The smallest absolute Gasteiger partial charge is 0.335 e. The van der Waals surface area contributed by atoms with Gasteiger partial charge in [0.1, 0.15) is 0 Å². The van der Waals surface area contributed by atoms with Crippen LogP contribution in [0.2, 0.25) is 0 Å². The van der Waals surface area contributed by atoms with Gasteiger partial charge >= 0.3 is 5.97 Å². The summed E-state index contributed by atoms with van der Waals surface area (Å²) in [5, 5.41) is 17.8. The molecule has 1 N–H and O–H groups in total. The van der Waals surface area contributed by atoms with Gasteiger partial charge in [0.2, 0.25) is 10.0 Å². The van der Waals surface area contributed by atoms with Crippen LogP contribution >= 0.6 is 15.9 Å². The van der Waals surface area contributed by atoms with Gasteiger partial charge in [-0.05, 0) is 34.1 Å². The molecule has 9 heteroatoms. The maximum absolute atomic E-state index is 12.6. The molecule has 0 amide bonds. The molecule has 1 aromatic carbocycles. The lowest BCUT2D eigenvalue weighted by atomic mass is 10.2. The monoisotopic (exact) mass is 374 g/mol. The van der Waals surface area contributed by atoms with Crippen molar-refractivity contribution in [3.63, 3.8) is 0 Å². The van der Waals surface area contributed by atoms with E-state index in [1.807, 2.05) is 6.07 Å². The number of nitriles is 1. The summed E-state index contributed by atoms with van der Waals surface area (Å²) >= 11 is 3.12. The first kappa shape index (κ1) is 15.9. The number of carboxylic acids is 1. The first-order valence-electron chi connectivity index (χ1n) is 5.90. The van der Waals surface area contributed by atoms with Crippen LogP contribution in [0.3, 0.4) is 0 Å². The fourth-order valence-electron chi connectivity index (χ4n) is 1.90. The average Bonchev–Trinajstić information content (AvgIpc) is 2.47. The molecule has 1 unspecified atom stereocenters. The topological polar surface area (TPSA) is 108 Å². The number of carbonyl (C=O) groups is 1. The molecular formula is C12H11BrN2O5S. The summed E-state index contributed by atoms with van der Waals surface area (Å²) in [5.41, 5.74) is -0.123. The fraction of sp³-hybridized carbons (Fsp3) is 0.333. The fourth-order valence-corrected chi connectivity index (χ4v) is 4.27. The van der Waals surface area contributed by atoms with E-state index in [0.29, 0.717) is 0 Å². The third kappa shape index (κ3) is 3.24. The van der Waals surface area contributed by atoms with Crippen molar-refractivity contribution in [1.82, 2.24) is 4.31 Å². The summed E-state index contributed by atoms with van der Waals surface area (Å²) < 4.78 is 31.7. The van der Waals surface area contributed by atoms with Crippen molar-refractivity contribution in [3.05, 3.63) is 28.2 Å². The van der Waals surface area contributed by atoms with E-state index in [9.17, 15) is 13.2 Å². The van der Waals surface area contributed by atoms with E-state index in [2.05, 4.69) is 15.9 Å². The lowest BCUT2D eigenvalue weighted by Gasteiger charge is -2.29. The van der Waals surface area contributed by atoms with E-state index in [1.165, 1.54) is 12.1 Å². The molecule has 0 aliphatic carbocycles. The van der Waals surface area contributed by atoms with Crippen LogP contribution in [0, 0.1) is 11.3 Å². The van der Waals surface area contributed by atoms with Gasteiger partial charge in [-0.15, -0.1) is 0 Å². The lowest BCUT2D eigenvalue weighted by Crippen LogP contribution is -2.45. The van der Waals surface area contributed by atoms with Crippen LogP contribution in [0.25, 0.3) is 0 Å². The zero-order valence-corrected chi connectivity index (χ0v) is 13.1. The van der Waals surface area contributed by atoms with E-state index < -0.39 is 22.1 Å². The van der Waals surface area contributed by atoms with E-state index >= 15 is 0 Å². The van der Waals surface area contributed by atoms with Crippen molar-refractivity contribution in [3.8, 4) is 6.07 Å². The molecule has 21 heavy (non-hydrogen) atoms. The number of hydrogen-bond donors (Lipinski definition) is 1. The number of ether oxygens (including phenoxy) is 1. The molecule has 2 rings (SSSR count). The van der Waals surface area contributed by atoms with E-state index in [-0.39, 0.29) is 34.6 Å². The molecule has 1 aliphatic rings. The van der Waals surface area contributed by atoms with Crippen LogP contribution in [0.15, 0.2) is 27.6 Å². The van der Waals surface area contributed by atoms with Crippen molar-refractivity contribution in [2.45, 2.75) is 11.0 Å². The Hall–Kier alpha value is -1.47. The Kier molecular flexibility index (Phi) is 4.63. The molecule has 0 bridgehead atoms. The van der Waals surface area contributed by atoms with Crippen LogP contribution in [0.1, 0.15) is 10.4 Å². The maximum Gasteiger partial charge on any atom is 0.335 e. The second kappa shape index (κ2) is 6.11. The highest BCUT2D eigenvalue weighted by atomic mass is 79.9. The van der Waals surface area contributed by atoms with E-state index in [1.54, 1.807) is 0 Å². The van der Waals surface area contributed by atoms with Gasteiger partial charge in [0, 0.05) is 11.0 Å². The first-order chi connectivity index (χ1) is 9.86. The SMILES string of the molecule is N#CC1CN(S(=O)(=O)c2cc(C(=O)O)ccc2Br)CCO1. The second-order valence-electron chi connectivity index (χ2n) is 4.30. The number of sulfonamides is 1. The van der Waals surface area contributed by atoms with Crippen LogP contribution < -0.4 is 0 Å². The summed E-state index contributed by atoms with van der Waals surface area (Å²) in [7, 11) is -3.90. The number of nitrogens with zero attached hydrogens (tertiary/aromatic N) is 2. The summed E-state index contributed by atoms with van der Waals surface area (Å²) in [4.78, 5) is 10.8. The number of halogens is 1. The van der Waals surface area contributed by atoms with Crippen LogP contribution in [-0.2, 0) is 14.8 Å². The number of carboxylic acid groups (broad SMARTS) is 1. The quantitative estimate of drug-likeness (QED) is 0.847. The highest BCUT2D eigenvalue weighted by Crippen LogP contribution is 2.27. The highest BCUT2D eigenvalue weighted by molar-refractivity contribution is 9.10. The summed E-state index contributed by atoms with van der Waals surface area (Å²) in [6.45, 7) is 0.153. The summed E-state index contributed by atoms with van der Waals surface area (Å²) in [6.07, 6.45) is -0.824. The molecule has 0 saturated carbocycles. The first-order valence-corrected chi connectivity index (χ1v) is 8.14. The Morgan fingerprint density at radius 2 is 2.24 bits per heavy atom. The van der Waals surface area contributed by atoms with Gasteiger partial charge in [-0.25, -0.2) is 13.2 Å². The molecule has 1 aromatic rings. The molecule has 0 aromatic heterocycles. The highest BCUT2D eigenvalue weighted by Gasteiger charge is 2.32. The minimum Gasteiger partial charge on any atom is -0.478 e. The van der Waals surface area contributed by atoms with Crippen molar-refractivity contribution >= 4 is 31.9 Å². The second-order valence-corrected chi connectivity index (χ2v) is 7.06. The molecule has 1 fully saturated rings. The molecule has 0 radical (unpaired) electrons. The Bertz CT molecular complexity index is 713. The molecule has 1 heterocycles. The van der Waals surface area contributed by atoms with Crippen molar-refractivity contribution in [1.29, 1.82) is 5.26 Å². The third-order valence-electron chi connectivity index (χ3n) is 2.97. The number of hydrogen-bond acceptors (Lipinski definition) is 5. The van der Waals surface area contributed by atoms with E-state index in [0.717, 1.165) is 10.4 Å². The van der Waals surface area contributed by atoms with Gasteiger partial charge in [0.15, 0.2) is 6.10 Å². The normalized spacial score (nSPS) is 19.9. The zero-order valence-electron chi connectivity index (χ0n) is 10.7. The van der Waals surface area contributed by atoms with Crippen LogP contribution in [-0.4, -0.2) is 49.6 Å². The average molecular weight is 375 g/mol. The van der Waals surface area contributed by atoms with Gasteiger partial charge in [0.25, 0.3) is 0 Å². The Balaban J connectivity index is 2.42. The molecular weight excluding hydrogens is 364 g/mol. The molecule has 1 aliphatic heterocycles. The molecule has 0 spiro atoms. The molecule has 1 saturated heterocycles. The predicted molar refractivity (Wildman–Crippen MR) is 75.2 cm³/mol. The van der Waals surface area contributed by atoms with Gasteiger partial charge in [-0.2, -0.15) is 9.57 Å². The molecule has 7 nitrogen and oxygen atoms in total. The minimum atomic E-state index is -3.90.